The third-order valence-electron chi connectivity index (χ3n) is 8.28. The van der Waals surface area contributed by atoms with Crippen LogP contribution in [-0.2, 0) is 0 Å². The van der Waals surface area contributed by atoms with Gasteiger partial charge in [-0.3, -0.25) is 0 Å². The lowest BCUT2D eigenvalue weighted by Crippen LogP contribution is -2.35. The minimum absolute atomic E-state index is 0.0298. The smallest absolute Gasteiger partial charge is 0.0402 e. The van der Waals surface area contributed by atoms with Gasteiger partial charge in [-0.15, -0.1) is 0 Å². The number of hydrogen-bond donors (Lipinski definition) is 1. The van der Waals surface area contributed by atoms with Crippen molar-refractivity contribution in [3.05, 3.63) is 102 Å². The molecular weight excluding hydrogens is 467 g/mol. The van der Waals surface area contributed by atoms with E-state index in [1.54, 1.807) is 6.92 Å². The summed E-state index contributed by atoms with van der Waals surface area (Å²) >= 11 is 0. The van der Waals surface area contributed by atoms with E-state index in [1.165, 1.54) is 41.0 Å². The molecule has 3 aromatic carbocycles. The summed E-state index contributed by atoms with van der Waals surface area (Å²) in [5, 5.41) is 9.04. The standard InChI is InChI=1S/C33H45P.C2H6O/c1-8-25(3)32(4,5)24-30(26-16-12-10-13-17-26)33(6,7)31(27-18-14-11-15-19-27)28-20-22-29(23-21-28)34-9-2;1-2-3/h10-23,25,30-31,34H,8-9,24H2,1-7H3;3H,2H2,1H3. The Kier molecular flexibility index (Phi) is 12.5. The first-order valence-electron chi connectivity index (χ1n) is 14.2. The summed E-state index contributed by atoms with van der Waals surface area (Å²) in [4.78, 5) is 0. The summed E-state index contributed by atoms with van der Waals surface area (Å²) in [5.74, 6) is 1.45. The number of aliphatic hydroxyl groups is 1. The molecule has 4 unspecified atom stereocenters. The van der Waals surface area contributed by atoms with E-state index in [4.69, 9.17) is 5.11 Å². The minimum atomic E-state index is 0.0298. The molecule has 0 heterocycles. The third kappa shape index (κ3) is 8.53. The largest absolute Gasteiger partial charge is 0.397 e. The molecule has 0 aliphatic heterocycles. The van der Waals surface area contributed by atoms with Crippen LogP contribution in [0.1, 0.15) is 96.8 Å². The number of hydrogen-bond acceptors (Lipinski definition) is 1. The van der Waals surface area contributed by atoms with Gasteiger partial charge >= 0.3 is 0 Å². The Hall–Kier alpha value is -1.95. The molecule has 0 aromatic heterocycles. The van der Waals surface area contributed by atoms with Gasteiger partial charge in [0.25, 0.3) is 0 Å². The van der Waals surface area contributed by atoms with Crippen molar-refractivity contribution in [1.82, 2.24) is 0 Å². The van der Waals surface area contributed by atoms with Gasteiger partial charge in [-0.2, -0.15) is 0 Å². The summed E-state index contributed by atoms with van der Waals surface area (Å²) in [6.07, 6.45) is 3.61. The van der Waals surface area contributed by atoms with Crippen LogP contribution in [0.2, 0.25) is 0 Å². The minimum Gasteiger partial charge on any atom is -0.397 e. The molecule has 202 valence electrons. The summed E-state index contributed by atoms with van der Waals surface area (Å²) in [6, 6.07) is 32.0. The highest BCUT2D eigenvalue weighted by Crippen LogP contribution is 2.54. The molecule has 0 aliphatic carbocycles. The molecule has 1 nitrogen and oxygen atoms in total. The van der Waals surface area contributed by atoms with Gasteiger partial charge in [0.05, 0.1) is 0 Å². The Morgan fingerprint density at radius 2 is 1.16 bits per heavy atom. The molecular formula is C35H51OP. The first kappa shape index (κ1) is 31.3. The molecule has 4 atom stereocenters. The van der Waals surface area contributed by atoms with Gasteiger partial charge in [0.2, 0.25) is 0 Å². The average Bonchev–Trinajstić information content (AvgIpc) is 2.89. The molecule has 0 bridgehead atoms. The van der Waals surface area contributed by atoms with E-state index in [9.17, 15) is 0 Å². The Balaban J connectivity index is 0.00000153. The maximum Gasteiger partial charge on any atom is 0.0402 e. The number of benzene rings is 3. The van der Waals surface area contributed by atoms with Crippen LogP contribution in [0.25, 0.3) is 0 Å². The maximum atomic E-state index is 7.57. The lowest BCUT2D eigenvalue weighted by molar-refractivity contribution is 0.131. The third-order valence-corrected chi connectivity index (χ3v) is 9.37. The summed E-state index contributed by atoms with van der Waals surface area (Å²) < 4.78 is 0. The van der Waals surface area contributed by atoms with E-state index in [1.807, 2.05) is 0 Å². The van der Waals surface area contributed by atoms with Gasteiger partial charge in [-0.05, 0) is 64.2 Å². The Labute approximate surface area is 229 Å². The Morgan fingerprint density at radius 3 is 1.62 bits per heavy atom. The van der Waals surface area contributed by atoms with E-state index >= 15 is 0 Å². The molecule has 0 amide bonds. The topological polar surface area (TPSA) is 20.2 Å². The highest BCUT2D eigenvalue weighted by atomic mass is 31.1. The van der Waals surface area contributed by atoms with Gasteiger partial charge in [0.15, 0.2) is 0 Å². The van der Waals surface area contributed by atoms with Crippen molar-refractivity contribution in [2.45, 2.75) is 80.1 Å². The molecule has 0 fully saturated rings. The van der Waals surface area contributed by atoms with Crippen LogP contribution in [0.5, 0.6) is 0 Å². The van der Waals surface area contributed by atoms with Crippen LogP contribution < -0.4 is 5.30 Å². The molecule has 0 spiro atoms. The second-order valence-electron chi connectivity index (χ2n) is 11.6. The van der Waals surface area contributed by atoms with Crippen LogP contribution in [-0.4, -0.2) is 17.9 Å². The highest BCUT2D eigenvalue weighted by Gasteiger charge is 2.43. The lowest BCUT2D eigenvalue weighted by Gasteiger charge is -2.46. The van der Waals surface area contributed by atoms with Crippen molar-refractivity contribution in [2.24, 2.45) is 16.7 Å². The quantitative estimate of drug-likeness (QED) is 0.251. The number of aliphatic hydroxyl groups excluding tert-OH is 1. The molecule has 0 aliphatic rings. The van der Waals surface area contributed by atoms with Crippen molar-refractivity contribution < 1.29 is 5.11 Å². The van der Waals surface area contributed by atoms with Crippen molar-refractivity contribution in [2.75, 3.05) is 12.8 Å². The molecule has 0 radical (unpaired) electrons. The summed E-state index contributed by atoms with van der Waals surface area (Å²) in [7, 11) is 0.892. The predicted molar refractivity (Wildman–Crippen MR) is 167 cm³/mol. The fourth-order valence-corrected chi connectivity index (χ4v) is 6.48. The molecule has 3 rings (SSSR count). The second-order valence-corrected chi connectivity index (χ2v) is 13.2. The zero-order chi connectivity index (χ0) is 27.5. The molecule has 3 aromatic rings. The first-order valence-corrected chi connectivity index (χ1v) is 15.4. The van der Waals surface area contributed by atoms with Crippen molar-refractivity contribution in [1.29, 1.82) is 0 Å². The maximum absolute atomic E-state index is 7.57. The zero-order valence-corrected chi connectivity index (χ0v) is 25.6. The van der Waals surface area contributed by atoms with E-state index in [2.05, 4.69) is 133 Å². The van der Waals surface area contributed by atoms with E-state index in [0.717, 1.165) is 8.58 Å². The normalized spacial score (nSPS) is 14.6. The van der Waals surface area contributed by atoms with Gasteiger partial charge in [-0.1, -0.05) is 148 Å². The fraction of sp³-hybridized carbons (Fsp3) is 0.486. The van der Waals surface area contributed by atoms with Crippen LogP contribution in [0.3, 0.4) is 0 Å². The number of rotatable bonds is 11. The van der Waals surface area contributed by atoms with Crippen LogP contribution in [0.15, 0.2) is 84.9 Å². The van der Waals surface area contributed by atoms with E-state index < -0.39 is 0 Å². The monoisotopic (exact) mass is 518 g/mol. The van der Waals surface area contributed by atoms with Crippen molar-refractivity contribution in [3.63, 3.8) is 0 Å². The van der Waals surface area contributed by atoms with Gasteiger partial charge < -0.3 is 5.11 Å². The predicted octanol–water partition coefficient (Wildman–Crippen LogP) is 9.41. The lowest BCUT2D eigenvalue weighted by atomic mass is 9.58. The summed E-state index contributed by atoms with van der Waals surface area (Å²) in [6.45, 7) is 18.9. The van der Waals surface area contributed by atoms with Crippen LogP contribution >= 0.6 is 8.58 Å². The highest BCUT2D eigenvalue weighted by molar-refractivity contribution is 7.47. The van der Waals surface area contributed by atoms with Crippen molar-refractivity contribution >= 4 is 13.9 Å². The van der Waals surface area contributed by atoms with E-state index in [-0.39, 0.29) is 17.4 Å². The molecule has 37 heavy (non-hydrogen) atoms. The van der Waals surface area contributed by atoms with Gasteiger partial charge in [0, 0.05) is 12.5 Å². The first-order chi connectivity index (χ1) is 17.6. The molecule has 0 saturated heterocycles. The molecule has 2 heteroatoms. The Morgan fingerprint density at radius 1 is 0.703 bits per heavy atom. The van der Waals surface area contributed by atoms with Crippen LogP contribution in [0.4, 0.5) is 0 Å². The van der Waals surface area contributed by atoms with Gasteiger partial charge in [0.1, 0.15) is 0 Å². The SMILES string of the molecule is CCO.CCPc1ccc(C(c2ccccc2)C(C)(C)C(CC(C)(C)C(C)CC)c2ccccc2)cc1. The molecule has 0 saturated carbocycles. The average molecular weight is 519 g/mol. The van der Waals surface area contributed by atoms with Gasteiger partial charge in [-0.25, -0.2) is 0 Å². The van der Waals surface area contributed by atoms with Crippen LogP contribution in [0, 0.1) is 16.7 Å². The van der Waals surface area contributed by atoms with Crippen molar-refractivity contribution in [3.8, 4) is 0 Å². The Bertz CT molecular complexity index is 1010. The zero-order valence-electron chi connectivity index (χ0n) is 24.6. The fourth-order valence-electron chi connectivity index (χ4n) is 5.67. The van der Waals surface area contributed by atoms with E-state index in [0.29, 0.717) is 17.8 Å². The molecule has 1 N–H and O–H groups in total. The second kappa shape index (κ2) is 14.8. The summed E-state index contributed by atoms with van der Waals surface area (Å²) in [5.41, 5.74) is 4.61.